The first-order valence-electron chi connectivity index (χ1n) is 6.30. The summed E-state index contributed by atoms with van der Waals surface area (Å²) in [6.45, 7) is 6.76. The van der Waals surface area contributed by atoms with E-state index in [2.05, 4.69) is 10.3 Å². The molecule has 0 bridgehead atoms. The number of carbonyl (C=O) groups is 1. The number of hydrogen-bond acceptors (Lipinski definition) is 5. The summed E-state index contributed by atoms with van der Waals surface area (Å²) in [4.78, 5) is 25.9. The summed E-state index contributed by atoms with van der Waals surface area (Å²) in [5, 5.41) is 23.1. The van der Waals surface area contributed by atoms with Gasteiger partial charge in [-0.15, -0.1) is 0 Å². The second-order valence-electron chi connectivity index (χ2n) is 4.96. The number of nitrogens with zero attached hydrogens (tertiary/aromatic N) is 2. The van der Waals surface area contributed by atoms with Gasteiger partial charge in [-0.1, -0.05) is 6.92 Å². The van der Waals surface area contributed by atoms with E-state index < -0.39 is 16.4 Å². The van der Waals surface area contributed by atoms with Gasteiger partial charge in [-0.2, -0.15) is 0 Å². The van der Waals surface area contributed by atoms with Gasteiger partial charge in [0.15, 0.2) is 0 Å². The smallest absolute Gasteiger partial charge is 0.323 e. The van der Waals surface area contributed by atoms with Crippen LogP contribution in [0.4, 0.5) is 5.69 Å². The van der Waals surface area contributed by atoms with Crippen molar-refractivity contribution in [1.82, 2.24) is 10.3 Å². The van der Waals surface area contributed by atoms with E-state index in [0.717, 1.165) is 0 Å². The van der Waals surface area contributed by atoms with Crippen molar-refractivity contribution >= 4 is 11.7 Å². The maximum atomic E-state index is 11.2. The maximum absolute atomic E-state index is 11.2. The fourth-order valence-electron chi connectivity index (χ4n) is 1.85. The Morgan fingerprint density at radius 1 is 1.55 bits per heavy atom. The van der Waals surface area contributed by atoms with Crippen molar-refractivity contribution in [3.05, 3.63) is 33.1 Å². The monoisotopic (exact) mass is 281 g/mol. The van der Waals surface area contributed by atoms with E-state index in [4.69, 9.17) is 0 Å². The zero-order valence-corrected chi connectivity index (χ0v) is 12.1. The molecule has 2 N–H and O–H groups in total. The number of aryl methyl sites for hydroxylation is 1. The summed E-state index contributed by atoms with van der Waals surface area (Å²) in [5.74, 6) is -0.959. The molecular weight excluding hydrogens is 262 g/mol. The van der Waals surface area contributed by atoms with E-state index in [-0.39, 0.29) is 12.2 Å². The van der Waals surface area contributed by atoms with Gasteiger partial charge in [0, 0.05) is 23.9 Å². The van der Waals surface area contributed by atoms with Crippen LogP contribution in [0.2, 0.25) is 0 Å². The summed E-state index contributed by atoms with van der Waals surface area (Å²) >= 11 is 0. The Labute approximate surface area is 117 Å². The third kappa shape index (κ3) is 3.11. The summed E-state index contributed by atoms with van der Waals surface area (Å²) in [5.41, 5.74) is 0.404. The first-order chi connectivity index (χ1) is 9.23. The van der Waals surface area contributed by atoms with Crippen LogP contribution in [0.25, 0.3) is 0 Å². The highest BCUT2D eigenvalue weighted by Crippen LogP contribution is 2.24. The van der Waals surface area contributed by atoms with Crippen LogP contribution < -0.4 is 5.32 Å². The van der Waals surface area contributed by atoms with Crippen LogP contribution in [-0.4, -0.2) is 26.5 Å². The molecule has 0 aliphatic rings. The molecule has 110 valence electrons. The molecule has 1 heterocycles. The highest BCUT2D eigenvalue weighted by molar-refractivity contribution is 5.78. The van der Waals surface area contributed by atoms with Crippen LogP contribution in [0.3, 0.4) is 0 Å². The first kappa shape index (κ1) is 16.0. The van der Waals surface area contributed by atoms with Crippen LogP contribution in [0.1, 0.15) is 37.1 Å². The van der Waals surface area contributed by atoms with Crippen LogP contribution in [-0.2, 0) is 11.3 Å². The minimum absolute atomic E-state index is 0.0327. The minimum atomic E-state index is -1.08. The van der Waals surface area contributed by atoms with E-state index >= 15 is 0 Å². The molecule has 0 saturated heterocycles. The fourth-order valence-corrected chi connectivity index (χ4v) is 1.85. The molecule has 1 unspecified atom stereocenters. The highest BCUT2D eigenvalue weighted by Gasteiger charge is 2.31. The lowest BCUT2D eigenvalue weighted by atomic mass is 9.98. The molecule has 0 saturated carbocycles. The zero-order valence-electron chi connectivity index (χ0n) is 12.1. The Kier molecular flexibility index (Phi) is 4.78. The van der Waals surface area contributed by atoms with Crippen molar-refractivity contribution < 1.29 is 14.8 Å². The van der Waals surface area contributed by atoms with Crippen molar-refractivity contribution in [2.45, 2.75) is 46.2 Å². The van der Waals surface area contributed by atoms with Crippen LogP contribution in [0.15, 0.2) is 6.20 Å². The van der Waals surface area contributed by atoms with Crippen molar-refractivity contribution in [3.8, 4) is 0 Å². The fraction of sp³-hybridized carbons (Fsp3) is 0.538. The van der Waals surface area contributed by atoms with E-state index in [0.29, 0.717) is 23.2 Å². The quantitative estimate of drug-likeness (QED) is 0.610. The molecule has 0 aliphatic carbocycles. The SMILES string of the molecule is CCC(C)(NCc1ncc(C)c([N+](=O)[O-])c1C)C(=O)O. The molecule has 0 radical (unpaired) electrons. The maximum Gasteiger partial charge on any atom is 0.323 e. The number of aliphatic carboxylic acids is 1. The number of hydrogen-bond donors (Lipinski definition) is 2. The number of carboxylic acid groups (broad SMARTS) is 1. The van der Waals surface area contributed by atoms with E-state index in [1.807, 2.05) is 0 Å². The number of aromatic nitrogens is 1. The summed E-state index contributed by atoms with van der Waals surface area (Å²) in [7, 11) is 0. The number of carboxylic acids is 1. The van der Waals surface area contributed by atoms with Gasteiger partial charge >= 0.3 is 5.97 Å². The summed E-state index contributed by atoms with van der Waals surface area (Å²) in [6.07, 6.45) is 1.83. The molecule has 0 aromatic carbocycles. The second-order valence-corrected chi connectivity index (χ2v) is 4.96. The molecule has 0 fully saturated rings. The van der Waals surface area contributed by atoms with Crippen molar-refractivity contribution in [2.24, 2.45) is 0 Å². The molecule has 0 aliphatic heterocycles. The molecule has 20 heavy (non-hydrogen) atoms. The van der Waals surface area contributed by atoms with Gasteiger partial charge in [0.1, 0.15) is 5.54 Å². The number of pyridine rings is 1. The van der Waals surface area contributed by atoms with Gasteiger partial charge in [0.05, 0.1) is 10.6 Å². The second kappa shape index (κ2) is 5.96. The van der Waals surface area contributed by atoms with Gasteiger partial charge in [0.2, 0.25) is 0 Å². The first-order valence-corrected chi connectivity index (χ1v) is 6.30. The van der Waals surface area contributed by atoms with E-state index in [9.17, 15) is 20.0 Å². The van der Waals surface area contributed by atoms with E-state index in [1.165, 1.54) is 6.20 Å². The molecule has 1 atom stereocenters. The Hall–Kier alpha value is -2.02. The predicted octanol–water partition coefficient (Wildman–Crippen LogP) is 1.95. The highest BCUT2D eigenvalue weighted by atomic mass is 16.6. The Morgan fingerprint density at radius 3 is 2.60 bits per heavy atom. The summed E-state index contributed by atoms with van der Waals surface area (Å²) < 4.78 is 0. The topological polar surface area (TPSA) is 105 Å². The Bertz CT molecular complexity index is 545. The molecule has 1 rings (SSSR count). The van der Waals surface area contributed by atoms with Crippen molar-refractivity contribution in [1.29, 1.82) is 0 Å². The van der Waals surface area contributed by atoms with Crippen LogP contribution >= 0.6 is 0 Å². The van der Waals surface area contributed by atoms with Crippen LogP contribution in [0.5, 0.6) is 0 Å². The van der Waals surface area contributed by atoms with Crippen molar-refractivity contribution in [2.75, 3.05) is 0 Å². The van der Waals surface area contributed by atoms with Crippen LogP contribution in [0, 0.1) is 24.0 Å². The minimum Gasteiger partial charge on any atom is -0.480 e. The molecular formula is C13H19N3O4. The number of nitrogens with one attached hydrogen (secondary N) is 1. The average Bonchev–Trinajstić information content (AvgIpc) is 2.36. The largest absolute Gasteiger partial charge is 0.480 e. The predicted molar refractivity (Wildman–Crippen MR) is 73.5 cm³/mol. The standard InChI is InChI=1S/C13H19N3O4/c1-5-13(4,12(17)18)15-7-10-9(3)11(16(19)20)8(2)6-14-10/h6,15H,5,7H2,1-4H3,(H,17,18). The Balaban J connectivity index is 3.03. The zero-order chi connectivity index (χ0) is 15.5. The normalized spacial score (nSPS) is 13.8. The average molecular weight is 281 g/mol. The number of nitro groups is 1. The third-order valence-electron chi connectivity index (χ3n) is 3.58. The lowest BCUT2D eigenvalue weighted by molar-refractivity contribution is -0.386. The number of rotatable bonds is 6. The molecule has 0 amide bonds. The molecule has 1 aromatic rings. The van der Waals surface area contributed by atoms with E-state index in [1.54, 1.807) is 27.7 Å². The van der Waals surface area contributed by atoms with Gasteiger partial charge in [-0.05, 0) is 27.2 Å². The molecule has 0 spiro atoms. The van der Waals surface area contributed by atoms with Gasteiger partial charge in [-0.3, -0.25) is 25.2 Å². The van der Waals surface area contributed by atoms with Crippen molar-refractivity contribution in [3.63, 3.8) is 0 Å². The molecule has 7 heteroatoms. The third-order valence-corrected chi connectivity index (χ3v) is 3.58. The van der Waals surface area contributed by atoms with Gasteiger partial charge in [-0.25, -0.2) is 0 Å². The lowest BCUT2D eigenvalue weighted by Gasteiger charge is -2.24. The lowest BCUT2D eigenvalue weighted by Crippen LogP contribution is -2.48. The summed E-state index contributed by atoms with van der Waals surface area (Å²) in [6, 6.07) is 0. The molecule has 7 nitrogen and oxygen atoms in total. The Morgan fingerprint density at radius 2 is 2.15 bits per heavy atom. The van der Waals surface area contributed by atoms with Gasteiger partial charge in [0.25, 0.3) is 5.69 Å². The van der Waals surface area contributed by atoms with Gasteiger partial charge < -0.3 is 5.11 Å². The molecule has 1 aromatic heterocycles.